The number of fused-ring (bicyclic) bond motifs is 2. The van der Waals surface area contributed by atoms with Crippen LogP contribution in [0.2, 0.25) is 0 Å². The number of benzene rings is 1. The number of amides is 1. The van der Waals surface area contributed by atoms with E-state index in [-0.39, 0.29) is 11.7 Å². The monoisotopic (exact) mass is 502 g/mol. The van der Waals surface area contributed by atoms with E-state index in [1.54, 1.807) is 35.2 Å². The van der Waals surface area contributed by atoms with Gasteiger partial charge in [-0.3, -0.25) is 9.78 Å². The van der Waals surface area contributed by atoms with Gasteiger partial charge in [0.25, 0.3) is 0 Å². The number of nitrogens with one attached hydrogen (secondary N) is 2. The molecule has 0 spiro atoms. The minimum atomic E-state index is -0.408. The summed E-state index contributed by atoms with van der Waals surface area (Å²) in [6.07, 6.45) is 5.11. The van der Waals surface area contributed by atoms with E-state index < -0.39 is 6.04 Å². The fourth-order valence-electron chi connectivity index (χ4n) is 4.36. The lowest BCUT2D eigenvalue weighted by Crippen LogP contribution is -2.57. The Labute approximate surface area is 210 Å². The number of pyridine rings is 1. The van der Waals surface area contributed by atoms with Crippen molar-refractivity contribution >= 4 is 44.2 Å². The number of hydrogen-bond acceptors (Lipinski definition) is 8. The fraction of sp³-hybridized carbons (Fsp3) is 0.240. The maximum atomic E-state index is 14.1. The van der Waals surface area contributed by atoms with Crippen LogP contribution in [0.3, 0.4) is 0 Å². The molecule has 1 atom stereocenters. The molecule has 0 radical (unpaired) electrons. The lowest BCUT2D eigenvalue weighted by atomic mass is 10.1. The molecule has 2 N–H and O–H groups in total. The summed E-state index contributed by atoms with van der Waals surface area (Å²) in [5.74, 6) is 0.311. The van der Waals surface area contributed by atoms with Crippen molar-refractivity contribution in [1.82, 2.24) is 35.4 Å². The second-order valence-electron chi connectivity index (χ2n) is 8.75. The van der Waals surface area contributed by atoms with Crippen molar-refractivity contribution in [3.8, 4) is 5.69 Å². The smallest absolute Gasteiger partial charge is 0.239 e. The average Bonchev–Trinajstić information content (AvgIpc) is 3.55. The van der Waals surface area contributed by atoms with Crippen LogP contribution in [0, 0.1) is 12.7 Å². The number of aryl methyl sites for hydroxylation is 1. The summed E-state index contributed by atoms with van der Waals surface area (Å²) in [6.45, 7) is 3.83. The van der Waals surface area contributed by atoms with Crippen molar-refractivity contribution < 1.29 is 9.18 Å². The summed E-state index contributed by atoms with van der Waals surface area (Å²) in [7, 11) is 0. The summed E-state index contributed by atoms with van der Waals surface area (Å²) in [6, 6.07) is 8.62. The molecular formula is C25H23FN8OS. The van der Waals surface area contributed by atoms with Gasteiger partial charge in [-0.1, -0.05) is 6.07 Å². The molecule has 1 aromatic carbocycles. The quantitative estimate of drug-likeness (QED) is 0.381. The maximum absolute atomic E-state index is 14.1. The summed E-state index contributed by atoms with van der Waals surface area (Å²) in [4.78, 5) is 28.3. The lowest BCUT2D eigenvalue weighted by Gasteiger charge is -2.33. The van der Waals surface area contributed by atoms with Crippen LogP contribution < -0.4 is 15.5 Å². The van der Waals surface area contributed by atoms with Crippen molar-refractivity contribution in [3.63, 3.8) is 0 Å². The molecular weight excluding hydrogens is 479 g/mol. The van der Waals surface area contributed by atoms with Gasteiger partial charge in [0.2, 0.25) is 5.91 Å². The molecule has 1 amide bonds. The van der Waals surface area contributed by atoms with Gasteiger partial charge in [-0.25, -0.2) is 19.0 Å². The van der Waals surface area contributed by atoms with Crippen LogP contribution in [0.5, 0.6) is 0 Å². The zero-order valence-electron chi connectivity index (χ0n) is 19.5. The van der Waals surface area contributed by atoms with E-state index in [0.717, 1.165) is 21.2 Å². The highest BCUT2D eigenvalue weighted by Gasteiger charge is 2.27. The summed E-state index contributed by atoms with van der Waals surface area (Å²) >= 11 is 1.64. The largest absolute Gasteiger partial charge is 0.353 e. The number of halogens is 1. The summed E-state index contributed by atoms with van der Waals surface area (Å²) in [5, 5.41) is 14.7. The number of nitrogens with zero attached hydrogens (tertiary/aromatic N) is 6. The van der Waals surface area contributed by atoms with E-state index in [9.17, 15) is 9.18 Å². The topological polar surface area (TPSA) is 101 Å². The molecule has 5 aromatic rings. The number of anilines is 1. The minimum Gasteiger partial charge on any atom is -0.353 e. The van der Waals surface area contributed by atoms with Crippen LogP contribution in [0.25, 0.3) is 26.8 Å². The van der Waals surface area contributed by atoms with Gasteiger partial charge in [-0.15, -0.1) is 16.4 Å². The minimum absolute atomic E-state index is 0.0944. The first-order chi connectivity index (χ1) is 17.5. The Bertz CT molecular complexity index is 1580. The highest BCUT2D eigenvalue weighted by Crippen LogP contribution is 2.25. The molecule has 0 bridgehead atoms. The number of thiophene rings is 1. The number of carbonyl (C=O) groups is 1. The molecule has 0 unspecified atom stereocenters. The van der Waals surface area contributed by atoms with Crippen molar-refractivity contribution in [2.45, 2.75) is 19.5 Å². The standard InChI is InChI=1S/C25H23FN8OS/c1-15-2-3-18(9-20(15)26)34-12-19-23(32-34)30-14-31-24(19)33-6-5-27-21(13-33)25(35)29-10-17-8-16-4-7-36-22(16)11-28-17/h2-4,7-9,11-12,14,21,27H,5-6,10,13H2,1H3,(H,29,35)/t21-/m1/s1. The van der Waals surface area contributed by atoms with E-state index >= 15 is 0 Å². The first-order valence-corrected chi connectivity index (χ1v) is 12.5. The van der Waals surface area contributed by atoms with E-state index in [0.29, 0.717) is 48.9 Å². The highest BCUT2D eigenvalue weighted by molar-refractivity contribution is 7.17. The van der Waals surface area contributed by atoms with Crippen molar-refractivity contribution in [3.05, 3.63) is 71.5 Å². The summed E-state index contributed by atoms with van der Waals surface area (Å²) < 4.78 is 16.8. The Morgan fingerprint density at radius 3 is 3.06 bits per heavy atom. The van der Waals surface area contributed by atoms with Crippen LogP contribution in [0.4, 0.5) is 10.2 Å². The van der Waals surface area contributed by atoms with Crippen LogP contribution in [0.15, 0.2) is 54.4 Å². The van der Waals surface area contributed by atoms with Gasteiger partial charge >= 0.3 is 0 Å². The summed E-state index contributed by atoms with van der Waals surface area (Å²) in [5.41, 5.74) is 2.51. The zero-order valence-corrected chi connectivity index (χ0v) is 20.3. The molecule has 9 nitrogen and oxygen atoms in total. The molecule has 6 rings (SSSR count). The van der Waals surface area contributed by atoms with Crippen LogP contribution in [0.1, 0.15) is 11.3 Å². The van der Waals surface area contributed by atoms with Gasteiger partial charge in [0, 0.05) is 32.0 Å². The molecule has 36 heavy (non-hydrogen) atoms. The third kappa shape index (κ3) is 4.27. The number of hydrogen-bond donors (Lipinski definition) is 2. The average molecular weight is 503 g/mol. The van der Waals surface area contributed by atoms with Gasteiger partial charge in [-0.05, 0) is 47.5 Å². The van der Waals surface area contributed by atoms with Crippen molar-refractivity contribution in [2.75, 3.05) is 24.5 Å². The van der Waals surface area contributed by atoms with E-state index in [4.69, 9.17) is 0 Å². The first-order valence-electron chi connectivity index (χ1n) is 11.6. The fourth-order valence-corrected chi connectivity index (χ4v) is 5.10. The van der Waals surface area contributed by atoms with Crippen molar-refractivity contribution in [2.24, 2.45) is 0 Å². The molecule has 11 heteroatoms. The second kappa shape index (κ2) is 9.25. The van der Waals surface area contributed by atoms with E-state index in [2.05, 4.69) is 35.6 Å². The zero-order chi connectivity index (χ0) is 24.6. The normalized spacial score (nSPS) is 16.1. The second-order valence-corrected chi connectivity index (χ2v) is 9.69. The maximum Gasteiger partial charge on any atom is 0.239 e. The Morgan fingerprint density at radius 2 is 2.17 bits per heavy atom. The predicted octanol–water partition coefficient (Wildman–Crippen LogP) is 2.97. The SMILES string of the molecule is Cc1ccc(-n2cc3c(N4CCN[C@@H](C(=O)NCc5cc6ccsc6cn5)C4)ncnc3n2)cc1F. The predicted molar refractivity (Wildman–Crippen MR) is 137 cm³/mol. The molecule has 0 saturated carbocycles. The van der Waals surface area contributed by atoms with Crippen LogP contribution in [-0.2, 0) is 11.3 Å². The van der Waals surface area contributed by atoms with Crippen LogP contribution >= 0.6 is 11.3 Å². The van der Waals surface area contributed by atoms with Crippen molar-refractivity contribution in [1.29, 1.82) is 0 Å². The first kappa shape index (κ1) is 22.5. The molecule has 5 heterocycles. The van der Waals surface area contributed by atoms with Gasteiger partial charge in [-0.2, -0.15) is 0 Å². The Morgan fingerprint density at radius 1 is 1.25 bits per heavy atom. The number of rotatable bonds is 5. The van der Waals surface area contributed by atoms with Crippen LogP contribution in [-0.4, -0.2) is 56.3 Å². The number of piperazine rings is 1. The van der Waals surface area contributed by atoms with E-state index in [1.165, 1.54) is 12.4 Å². The van der Waals surface area contributed by atoms with Gasteiger partial charge in [0.1, 0.15) is 24.0 Å². The van der Waals surface area contributed by atoms with E-state index in [1.807, 2.05) is 29.8 Å². The molecule has 1 aliphatic heterocycles. The lowest BCUT2D eigenvalue weighted by molar-refractivity contribution is -0.123. The molecule has 0 aliphatic carbocycles. The van der Waals surface area contributed by atoms with Gasteiger partial charge in [0.05, 0.1) is 28.0 Å². The van der Waals surface area contributed by atoms with Gasteiger partial charge in [0.15, 0.2) is 5.65 Å². The Balaban J connectivity index is 1.19. The Hall–Kier alpha value is -3.96. The highest BCUT2D eigenvalue weighted by atomic mass is 32.1. The third-order valence-corrected chi connectivity index (χ3v) is 7.21. The Kier molecular flexibility index (Phi) is 5.78. The molecule has 182 valence electrons. The molecule has 1 fully saturated rings. The molecule has 4 aromatic heterocycles. The molecule has 1 saturated heterocycles. The van der Waals surface area contributed by atoms with Gasteiger partial charge < -0.3 is 15.5 Å². The molecule has 1 aliphatic rings. The number of aromatic nitrogens is 5. The number of carbonyl (C=O) groups excluding carboxylic acids is 1. The third-order valence-electron chi connectivity index (χ3n) is 6.35.